The summed E-state index contributed by atoms with van der Waals surface area (Å²) in [5.41, 5.74) is 4.01. The molecule has 1 fully saturated rings. The van der Waals surface area contributed by atoms with Crippen molar-refractivity contribution in [3.05, 3.63) is 93.9 Å². The molecule has 1 aliphatic rings. The lowest BCUT2D eigenvalue weighted by Gasteiger charge is -2.28. The van der Waals surface area contributed by atoms with Gasteiger partial charge in [-0.25, -0.2) is 9.78 Å². The molecule has 10 nitrogen and oxygen atoms in total. The Morgan fingerprint density at radius 3 is 2.41 bits per heavy atom. The van der Waals surface area contributed by atoms with Crippen LogP contribution in [0.4, 0.5) is 16.5 Å². The second-order valence-electron chi connectivity index (χ2n) is 8.67. The molecule has 0 spiro atoms. The summed E-state index contributed by atoms with van der Waals surface area (Å²) < 4.78 is 10.4. The van der Waals surface area contributed by atoms with Crippen molar-refractivity contribution in [2.45, 2.75) is 0 Å². The van der Waals surface area contributed by atoms with E-state index in [2.05, 4.69) is 10.3 Å². The van der Waals surface area contributed by atoms with Crippen LogP contribution in [-0.4, -0.2) is 54.7 Å². The van der Waals surface area contributed by atoms with Crippen LogP contribution in [0.25, 0.3) is 22.4 Å². The van der Waals surface area contributed by atoms with Crippen molar-refractivity contribution >= 4 is 39.7 Å². The van der Waals surface area contributed by atoms with Crippen molar-refractivity contribution < 1.29 is 24.0 Å². The number of rotatable bonds is 8. The predicted molar refractivity (Wildman–Crippen MR) is 148 cm³/mol. The van der Waals surface area contributed by atoms with E-state index in [0.29, 0.717) is 42.8 Å². The number of hydrogen-bond donors (Lipinski definition) is 1. The molecule has 5 rings (SSSR count). The van der Waals surface area contributed by atoms with E-state index >= 15 is 0 Å². The van der Waals surface area contributed by atoms with Gasteiger partial charge in [0.05, 0.1) is 29.4 Å². The summed E-state index contributed by atoms with van der Waals surface area (Å²) >= 11 is 1.25. The number of thiazole rings is 1. The Kier molecular flexibility index (Phi) is 7.90. The number of nitro benzene ring substituents is 1. The van der Waals surface area contributed by atoms with Gasteiger partial charge < -0.3 is 14.4 Å². The number of morpholine rings is 1. The van der Waals surface area contributed by atoms with Crippen LogP contribution >= 0.6 is 11.3 Å². The number of benzene rings is 3. The van der Waals surface area contributed by atoms with Gasteiger partial charge in [0.25, 0.3) is 11.6 Å². The van der Waals surface area contributed by atoms with Gasteiger partial charge in [0.15, 0.2) is 11.7 Å². The fourth-order valence-electron chi connectivity index (χ4n) is 4.17. The van der Waals surface area contributed by atoms with E-state index in [1.807, 2.05) is 64.9 Å². The SMILES string of the molecule is O=C(COC(=O)c1ccc(N2CCOCC2)c([N+](=O)[O-])c1)Nc1nc(-c2ccc(-c3ccccc3)cc2)cs1. The van der Waals surface area contributed by atoms with Crippen LogP contribution in [0.1, 0.15) is 10.4 Å². The predicted octanol–water partition coefficient (Wildman–Crippen LogP) is 5.02. The fourth-order valence-corrected chi connectivity index (χ4v) is 4.90. The molecule has 0 radical (unpaired) electrons. The van der Waals surface area contributed by atoms with E-state index in [1.165, 1.54) is 29.5 Å². The summed E-state index contributed by atoms with van der Waals surface area (Å²) in [6, 6.07) is 22.1. The molecule has 3 aromatic carbocycles. The van der Waals surface area contributed by atoms with Gasteiger partial charge >= 0.3 is 5.97 Å². The van der Waals surface area contributed by atoms with Gasteiger partial charge in [-0.3, -0.25) is 20.2 Å². The number of aromatic nitrogens is 1. The van der Waals surface area contributed by atoms with Crippen LogP contribution in [-0.2, 0) is 14.3 Å². The Balaban J connectivity index is 1.17. The van der Waals surface area contributed by atoms with Crippen LogP contribution < -0.4 is 10.2 Å². The average Bonchev–Trinajstić information content (AvgIpc) is 3.45. The van der Waals surface area contributed by atoms with E-state index in [1.54, 1.807) is 0 Å². The lowest BCUT2D eigenvalue weighted by atomic mass is 10.0. The number of nitro groups is 1. The second-order valence-corrected chi connectivity index (χ2v) is 9.52. The topological polar surface area (TPSA) is 124 Å². The summed E-state index contributed by atoms with van der Waals surface area (Å²) in [5, 5.41) is 16.4. The van der Waals surface area contributed by atoms with E-state index in [-0.39, 0.29) is 11.3 Å². The molecule has 39 heavy (non-hydrogen) atoms. The molecule has 0 unspecified atom stereocenters. The molecular formula is C28H24N4O6S. The van der Waals surface area contributed by atoms with Gasteiger partial charge in [0.1, 0.15) is 5.69 Å². The van der Waals surface area contributed by atoms with E-state index < -0.39 is 23.4 Å². The molecule has 4 aromatic rings. The molecule has 2 heterocycles. The summed E-state index contributed by atoms with van der Waals surface area (Å²) in [7, 11) is 0. The molecule has 1 aliphatic heterocycles. The zero-order valence-corrected chi connectivity index (χ0v) is 21.6. The van der Waals surface area contributed by atoms with Gasteiger partial charge in [-0.2, -0.15) is 0 Å². The molecule has 0 bridgehead atoms. The number of ether oxygens (including phenoxy) is 2. The minimum absolute atomic E-state index is 0.0120. The molecule has 11 heteroatoms. The lowest BCUT2D eigenvalue weighted by Crippen LogP contribution is -2.36. The van der Waals surface area contributed by atoms with Crippen molar-refractivity contribution in [1.82, 2.24) is 4.98 Å². The minimum atomic E-state index is -0.833. The lowest BCUT2D eigenvalue weighted by molar-refractivity contribution is -0.384. The normalized spacial score (nSPS) is 13.1. The summed E-state index contributed by atoms with van der Waals surface area (Å²) in [6.45, 7) is 1.41. The highest BCUT2D eigenvalue weighted by Gasteiger charge is 2.24. The van der Waals surface area contributed by atoms with Gasteiger partial charge in [-0.05, 0) is 23.3 Å². The Morgan fingerprint density at radius 2 is 1.69 bits per heavy atom. The van der Waals surface area contributed by atoms with Crippen LogP contribution in [0, 0.1) is 10.1 Å². The first-order valence-electron chi connectivity index (χ1n) is 12.2. The number of carbonyl (C=O) groups is 2. The highest BCUT2D eigenvalue weighted by Crippen LogP contribution is 2.30. The number of nitrogens with zero attached hydrogens (tertiary/aromatic N) is 3. The third kappa shape index (κ3) is 6.28. The average molecular weight is 545 g/mol. The molecule has 1 amide bonds. The van der Waals surface area contributed by atoms with E-state index in [4.69, 9.17) is 9.47 Å². The number of carbonyl (C=O) groups excluding carboxylic acids is 2. The van der Waals surface area contributed by atoms with Gasteiger partial charge in [0, 0.05) is 30.1 Å². The third-order valence-corrected chi connectivity index (χ3v) is 6.89. The number of hydrogen-bond acceptors (Lipinski definition) is 9. The Bertz CT molecular complexity index is 1480. The van der Waals surface area contributed by atoms with Gasteiger partial charge in [-0.15, -0.1) is 11.3 Å². The molecule has 0 aliphatic carbocycles. The van der Waals surface area contributed by atoms with Crippen LogP contribution in [0.15, 0.2) is 78.2 Å². The number of amides is 1. The van der Waals surface area contributed by atoms with Crippen LogP contribution in [0.5, 0.6) is 0 Å². The van der Waals surface area contributed by atoms with Crippen LogP contribution in [0.3, 0.4) is 0 Å². The molecule has 1 N–H and O–H groups in total. The maximum atomic E-state index is 12.5. The van der Waals surface area contributed by atoms with Gasteiger partial charge in [-0.1, -0.05) is 54.6 Å². The molecular weight excluding hydrogens is 520 g/mol. The van der Waals surface area contributed by atoms with E-state index in [9.17, 15) is 19.7 Å². The summed E-state index contributed by atoms with van der Waals surface area (Å²) in [5.74, 6) is -1.40. The maximum absolute atomic E-state index is 12.5. The first kappa shape index (κ1) is 26.0. The van der Waals surface area contributed by atoms with Gasteiger partial charge in [0.2, 0.25) is 0 Å². The summed E-state index contributed by atoms with van der Waals surface area (Å²) in [6.07, 6.45) is 0. The number of nitrogens with one attached hydrogen (secondary N) is 1. The maximum Gasteiger partial charge on any atom is 0.338 e. The molecule has 0 saturated carbocycles. The highest BCUT2D eigenvalue weighted by atomic mass is 32.1. The highest BCUT2D eigenvalue weighted by molar-refractivity contribution is 7.14. The largest absolute Gasteiger partial charge is 0.452 e. The Hall–Kier alpha value is -4.61. The van der Waals surface area contributed by atoms with Crippen molar-refractivity contribution in [2.75, 3.05) is 43.1 Å². The van der Waals surface area contributed by atoms with E-state index in [0.717, 1.165) is 16.7 Å². The van der Waals surface area contributed by atoms with Crippen molar-refractivity contribution in [3.8, 4) is 22.4 Å². The van der Waals surface area contributed by atoms with Crippen molar-refractivity contribution in [2.24, 2.45) is 0 Å². The summed E-state index contributed by atoms with van der Waals surface area (Å²) in [4.78, 5) is 42.3. The monoisotopic (exact) mass is 544 g/mol. The number of anilines is 2. The van der Waals surface area contributed by atoms with Crippen molar-refractivity contribution in [3.63, 3.8) is 0 Å². The third-order valence-electron chi connectivity index (χ3n) is 6.13. The van der Waals surface area contributed by atoms with Crippen LogP contribution in [0.2, 0.25) is 0 Å². The van der Waals surface area contributed by atoms with Crippen molar-refractivity contribution in [1.29, 1.82) is 0 Å². The zero-order valence-electron chi connectivity index (χ0n) is 20.7. The molecule has 1 saturated heterocycles. The first-order valence-corrected chi connectivity index (χ1v) is 13.1. The second kappa shape index (κ2) is 11.8. The smallest absolute Gasteiger partial charge is 0.338 e. The Labute approximate surface area is 228 Å². The Morgan fingerprint density at radius 1 is 1.00 bits per heavy atom. The zero-order chi connectivity index (χ0) is 27.2. The minimum Gasteiger partial charge on any atom is -0.452 e. The standard InChI is InChI=1S/C28H24N4O6S/c33-26(17-38-27(34)22-10-11-24(25(16-22)32(35)36)31-12-14-37-15-13-31)30-28-29-23(18-39-28)21-8-6-20(7-9-21)19-4-2-1-3-5-19/h1-11,16,18H,12-15,17H2,(H,29,30,33). The first-order chi connectivity index (χ1) is 19.0. The molecule has 1 aromatic heterocycles. The molecule has 0 atom stereocenters. The fraction of sp³-hybridized carbons (Fsp3) is 0.179. The quantitative estimate of drug-likeness (QED) is 0.186. The number of esters is 1. The molecule has 198 valence electrons.